The first-order valence-electron chi connectivity index (χ1n) is 13.9. The van der Waals surface area contributed by atoms with Crippen LogP contribution in [-0.4, -0.2) is 72.6 Å². The van der Waals surface area contributed by atoms with Crippen molar-refractivity contribution < 1.29 is 22.3 Å². The minimum absolute atomic E-state index is 0.112. The molecule has 41 heavy (non-hydrogen) atoms. The van der Waals surface area contributed by atoms with Crippen LogP contribution in [0.1, 0.15) is 25.0 Å². The summed E-state index contributed by atoms with van der Waals surface area (Å²) in [7, 11) is -1.41. The molecule has 2 atom stereocenters. The number of nitrogens with zero attached hydrogens (tertiary/aromatic N) is 4. The summed E-state index contributed by atoms with van der Waals surface area (Å²) >= 11 is 0. The fourth-order valence-electron chi connectivity index (χ4n) is 6.55. The highest BCUT2D eigenvalue weighted by molar-refractivity contribution is 7.90. The van der Waals surface area contributed by atoms with E-state index in [2.05, 4.69) is 9.88 Å². The molecular weight excluding hydrogens is 546 g/mol. The number of rotatable bonds is 7. The number of aromatic nitrogens is 2. The Morgan fingerprint density at radius 3 is 2.32 bits per heavy atom. The summed E-state index contributed by atoms with van der Waals surface area (Å²) in [6.07, 6.45) is 3.95. The lowest BCUT2D eigenvalue weighted by molar-refractivity contribution is 0.151. The third-order valence-corrected chi connectivity index (χ3v) is 9.80. The van der Waals surface area contributed by atoms with Gasteiger partial charge in [-0.15, -0.1) is 0 Å². The Morgan fingerprint density at radius 2 is 1.68 bits per heavy atom. The molecule has 1 N–H and O–H groups in total. The molecule has 2 aromatic heterocycles. The lowest BCUT2D eigenvalue weighted by atomic mass is 10.1. The number of anilines is 1. The summed E-state index contributed by atoms with van der Waals surface area (Å²) in [5.41, 5.74) is 3.94. The predicted octanol–water partition coefficient (Wildman–Crippen LogP) is 4.93. The maximum Gasteiger partial charge on any atom is 0.175 e. The minimum Gasteiger partial charge on any atom is -0.396 e. The van der Waals surface area contributed by atoms with Crippen molar-refractivity contribution in [3.8, 4) is 22.5 Å². The van der Waals surface area contributed by atoms with E-state index in [4.69, 9.17) is 0 Å². The van der Waals surface area contributed by atoms with Gasteiger partial charge in [0.25, 0.3) is 0 Å². The second-order valence-electron chi connectivity index (χ2n) is 11.3. The zero-order valence-corrected chi connectivity index (χ0v) is 24.3. The van der Waals surface area contributed by atoms with Crippen molar-refractivity contribution >= 4 is 26.4 Å². The van der Waals surface area contributed by atoms with Gasteiger partial charge in [-0.1, -0.05) is 12.1 Å². The Bertz CT molecular complexity index is 1720. The van der Waals surface area contributed by atoms with Crippen LogP contribution in [-0.2, 0) is 16.9 Å². The molecule has 7 nitrogen and oxygen atoms in total. The standard InChI is InChI=1S/C31H34F2N4O3S/c1-19-24-14-29(20-5-9-23(10-6-20)41(3,39)40)35(2)30(24)16-28(34-19)25-13-27(33)31(15-26(25)32)36-17-21-7-8-22(18-36)37(21)11-4-12-38/h5-6,9-10,13-16,21-22,38H,4,7-8,11-12,17-18H2,1-3H3. The van der Waals surface area contributed by atoms with Crippen LogP contribution in [0.3, 0.4) is 0 Å². The Kier molecular flexibility index (Phi) is 7.12. The fourth-order valence-corrected chi connectivity index (χ4v) is 7.18. The number of aliphatic hydroxyl groups is 1. The number of benzene rings is 2. The van der Waals surface area contributed by atoms with Crippen molar-refractivity contribution in [2.45, 2.75) is 43.2 Å². The molecule has 2 unspecified atom stereocenters. The first-order valence-corrected chi connectivity index (χ1v) is 15.8. The van der Waals surface area contributed by atoms with E-state index >= 15 is 8.78 Å². The molecule has 0 spiro atoms. The molecule has 2 aliphatic heterocycles. The average molecular weight is 581 g/mol. The second kappa shape index (κ2) is 10.5. The smallest absolute Gasteiger partial charge is 0.175 e. The monoisotopic (exact) mass is 580 g/mol. The van der Waals surface area contributed by atoms with Crippen molar-refractivity contribution in [2.75, 3.05) is 37.4 Å². The molecule has 2 bridgehead atoms. The topological polar surface area (TPSA) is 78.7 Å². The first-order chi connectivity index (χ1) is 19.5. The molecule has 0 radical (unpaired) electrons. The van der Waals surface area contributed by atoms with Crippen molar-refractivity contribution in [1.82, 2.24) is 14.5 Å². The van der Waals surface area contributed by atoms with Gasteiger partial charge in [0.2, 0.25) is 0 Å². The average Bonchev–Trinajstić information content (AvgIpc) is 3.39. The van der Waals surface area contributed by atoms with Crippen molar-refractivity contribution in [3.63, 3.8) is 0 Å². The normalized spacial score (nSPS) is 19.4. The molecule has 2 aromatic carbocycles. The maximum atomic E-state index is 15.6. The number of hydrogen-bond acceptors (Lipinski definition) is 6. The summed E-state index contributed by atoms with van der Waals surface area (Å²) in [5.74, 6) is -0.990. The van der Waals surface area contributed by atoms with E-state index < -0.39 is 21.5 Å². The largest absolute Gasteiger partial charge is 0.396 e. The number of sulfone groups is 1. The quantitative estimate of drug-likeness (QED) is 0.334. The summed E-state index contributed by atoms with van der Waals surface area (Å²) in [6.45, 7) is 4.10. The van der Waals surface area contributed by atoms with Gasteiger partial charge >= 0.3 is 0 Å². The molecule has 0 aliphatic carbocycles. The van der Waals surface area contributed by atoms with E-state index in [9.17, 15) is 13.5 Å². The van der Waals surface area contributed by atoms with Crippen LogP contribution in [0.2, 0.25) is 0 Å². The minimum atomic E-state index is -3.30. The number of aliphatic hydroxyl groups excluding tert-OH is 1. The number of aryl methyl sites for hydroxylation is 2. The second-order valence-corrected chi connectivity index (χ2v) is 13.3. The van der Waals surface area contributed by atoms with E-state index in [-0.39, 0.29) is 34.8 Å². The zero-order valence-electron chi connectivity index (χ0n) is 23.4. The van der Waals surface area contributed by atoms with Gasteiger partial charge in [0.15, 0.2) is 9.84 Å². The van der Waals surface area contributed by atoms with Crippen molar-refractivity contribution in [1.29, 1.82) is 0 Å². The summed E-state index contributed by atoms with van der Waals surface area (Å²) in [4.78, 5) is 9.26. The molecule has 4 aromatic rings. The first kappa shape index (κ1) is 27.8. The number of piperazine rings is 1. The fraction of sp³-hybridized carbons (Fsp3) is 0.387. The van der Waals surface area contributed by atoms with E-state index in [1.807, 2.05) is 29.5 Å². The van der Waals surface area contributed by atoms with Gasteiger partial charge in [-0.3, -0.25) is 9.88 Å². The molecule has 10 heteroatoms. The van der Waals surface area contributed by atoms with E-state index in [1.54, 1.807) is 30.3 Å². The van der Waals surface area contributed by atoms with Gasteiger partial charge in [-0.05, 0) is 62.1 Å². The van der Waals surface area contributed by atoms with Crippen LogP contribution >= 0.6 is 0 Å². The van der Waals surface area contributed by atoms with E-state index in [0.29, 0.717) is 24.5 Å². The molecule has 2 saturated heterocycles. The van der Waals surface area contributed by atoms with Gasteiger partial charge in [-0.2, -0.15) is 0 Å². The number of hydrogen-bond donors (Lipinski definition) is 1. The Hall–Kier alpha value is -3.34. The molecule has 0 amide bonds. The van der Waals surface area contributed by atoms with Crippen LogP contribution in [0.15, 0.2) is 53.4 Å². The SMILES string of the molecule is Cc1nc(-c2cc(F)c(N3CC4CCC(C3)N4CCCO)cc2F)cc2c1cc(-c1ccc(S(C)(=O)=O)cc1)n2C. The molecule has 2 aliphatic rings. The van der Waals surface area contributed by atoms with Gasteiger partial charge in [0.1, 0.15) is 11.6 Å². The molecule has 0 saturated carbocycles. The predicted molar refractivity (Wildman–Crippen MR) is 157 cm³/mol. The highest BCUT2D eigenvalue weighted by Gasteiger charge is 2.40. The Balaban J connectivity index is 1.32. The third kappa shape index (κ3) is 5.02. The molecular formula is C31H34F2N4O3S. The number of fused-ring (bicyclic) bond motifs is 3. The van der Waals surface area contributed by atoms with E-state index in [0.717, 1.165) is 48.0 Å². The van der Waals surface area contributed by atoms with Gasteiger partial charge in [0.05, 0.1) is 21.8 Å². The number of pyridine rings is 1. The third-order valence-electron chi connectivity index (χ3n) is 8.67. The molecule has 2 fully saturated rings. The lowest BCUT2D eigenvalue weighted by Crippen LogP contribution is -2.54. The zero-order chi connectivity index (χ0) is 29.1. The molecule has 6 rings (SSSR count). The summed E-state index contributed by atoms with van der Waals surface area (Å²) in [5, 5.41) is 10.1. The van der Waals surface area contributed by atoms with E-state index in [1.165, 1.54) is 18.4 Å². The van der Waals surface area contributed by atoms with Gasteiger partial charge in [0, 0.05) is 80.0 Å². The Labute approximate surface area is 239 Å². The highest BCUT2D eigenvalue weighted by atomic mass is 32.2. The van der Waals surface area contributed by atoms with Crippen LogP contribution in [0.4, 0.5) is 14.5 Å². The van der Waals surface area contributed by atoms with Crippen molar-refractivity contribution in [2.24, 2.45) is 7.05 Å². The maximum absolute atomic E-state index is 15.6. The van der Waals surface area contributed by atoms with Crippen LogP contribution in [0.25, 0.3) is 33.4 Å². The molecule has 4 heterocycles. The molecule has 216 valence electrons. The van der Waals surface area contributed by atoms with Gasteiger partial charge < -0.3 is 14.6 Å². The van der Waals surface area contributed by atoms with Crippen LogP contribution < -0.4 is 4.90 Å². The summed E-state index contributed by atoms with van der Waals surface area (Å²) in [6, 6.07) is 13.6. The number of halogens is 2. The lowest BCUT2D eigenvalue weighted by Gasteiger charge is -2.42. The van der Waals surface area contributed by atoms with Crippen LogP contribution in [0, 0.1) is 18.6 Å². The summed E-state index contributed by atoms with van der Waals surface area (Å²) < 4.78 is 56.9. The van der Waals surface area contributed by atoms with Gasteiger partial charge in [-0.25, -0.2) is 17.2 Å². The Morgan fingerprint density at radius 1 is 1.00 bits per heavy atom. The van der Waals surface area contributed by atoms with Crippen molar-refractivity contribution in [3.05, 3.63) is 65.9 Å². The van der Waals surface area contributed by atoms with Crippen LogP contribution in [0.5, 0.6) is 0 Å². The highest BCUT2D eigenvalue weighted by Crippen LogP contribution is 2.37.